The van der Waals surface area contributed by atoms with E-state index in [-0.39, 0.29) is 37.4 Å². The van der Waals surface area contributed by atoms with Crippen molar-refractivity contribution in [2.45, 2.75) is 26.2 Å². The van der Waals surface area contributed by atoms with Crippen molar-refractivity contribution in [1.29, 1.82) is 0 Å². The van der Waals surface area contributed by atoms with Crippen LogP contribution in [0.2, 0.25) is 10.0 Å². The van der Waals surface area contributed by atoms with Crippen LogP contribution >= 0.6 is 23.2 Å². The number of hydrogen-bond acceptors (Lipinski definition) is 5. The van der Waals surface area contributed by atoms with Crippen LogP contribution in [-0.2, 0) is 9.59 Å². The number of hydrogen-bond donors (Lipinski definition) is 2. The van der Waals surface area contributed by atoms with Crippen LogP contribution in [0.25, 0.3) is 0 Å². The molecule has 1 unspecified atom stereocenters. The number of amides is 2. The van der Waals surface area contributed by atoms with E-state index >= 15 is 0 Å². The zero-order valence-corrected chi connectivity index (χ0v) is 21.4. The molecule has 35 heavy (non-hydrogen) atoms. The number of β-amino-alcohol motifs (C(OH)–C–C–N with tert-alkyl or cyclic N) is 1. The zero-order chi connectivity index (χ0) is 25.6. The van der Waals surface area contributed by atoms with E-state index in [4.69, 9.17) is 28.3 Å². The van der Waals surface area contributed by atoms with E-state index in [0.717, 1.165) is 17.3 Å². The molecule has 2 amide bonds. The van der Waals surface area contributed by atoms with Gasteiger partial charge >= 0.3 is 0 Å². The van der Waals surface area contributed by atoms with Crippen LogP contribution in [0.5, 0.6) is 0 Å². The van der Waals surface area contributed by atoms with Crippen LogP contribution < -0.4 is 5.32 Å². The molecule has 0 spiro atoms. The number of hydrazone groups is 1. The van der Waals surface area contributed by atoms with Gasteiger partial charge in [-0.05, 0) is 43.2 Å². The summed E-state index contributed by atoms with van der Waals surface area (Å²) in [6.07, 6.45) is 4.26. The number of benzene rings is 2. The molecule has 2 aliphatic heterocycles. The van der Waals surface area contributed by atoms with Crippen molar-refractivity contribution in [3.8, 4) is 0 Å². The molecule has 0 aromatic heterocycles. The van der Waals surface area contributed by atoms with Gasteiger partial charge in [0.05, 0.1) is 19.1 Å². The molecular formula is C26H32Cl2N4O3. The highest BCUT2D eigenvalue weighted by Crippen LogP contribution is 2.24. The molecule has 0 aliphatic carbocycles. The number of anilines is 1. The third kappa shape index (κ3) is 9.72. The van der Waals surface area contributed by atoms with Gasteiger partial charge in [0.25, 0.3) is 5.91 Å². The maximum Gasteiger partial charge on any atom is 0.262 e. The summed E-state index contributed by atoms with van der Waals surface area (Å²) in [4.78, 5) is 26.3. The van der Waals surface area contributed by atoms with E-state index in [2.05, 4.69) is 23.9 Å². The Balaban J connectivity index is 0.000000325. The lowest BCUT2D eigenvalue weighted by Crippen LogP contribution is -2.53. The topological polar surface area (TPSA) is 85.2 Å². The Morgan fingerprint density at radius 1 is 1.20 bits per heavy atom. The zero-order valence-electron chi connectivity index (χ0n) is 19.9. The highest BCUT2D eigenvalue weighted by molar-refractivity contribution is 6.31. The molecule has 0 saturated carbocycles. The number of aliphatic hydroxyl groups excluding tert-OH is 1. The molecule has 0 radical (unpaired) electrons. The van der Waals surface area contributed by atoms with Crippen LogP contribution in [-0.4, -0.2) is 58.9 Å². The summed E-state index contributed by atoms with van der Waals surface area (Å²) in [5.74, 6) is 0.347. The van der Waals surface area contributed by atoms with Crippen molar-refractivity contribution in [1.82, 2.24) is 9.91 Å². The third-order valence-corrected chi connectivity index (χ3v) is 5.66. The van der Waals surface area contributed by atoms with Crippen LogP contribution in [0.4, 0.5) is 5.69 Å². The lowest BCUT2D eigenvalue weighted by atomic mass is 9.95. The number of amidine groups is 1. The second kappa shape index (κ2) is 15.2. The highest BCUT2D eigenvalue weighted by atomic mass is 35.5. The molecule has 1 atom stereocenters. The van der Waals surface area contributed by atoms with Gasteiger partial charge in [-0.3, -0.25) is 9.59 Å². The summed E-state index contributed by atoms with van der Waals surface area (Å²) in [6, 6.07) is 16.5. The Bertz CT molecular complexity index is 1000. The monoisotopic (exact) mass is 518 g/mol. The van der Waals surface area contributed by atoms with Crippen molar-refractivity contribution < 1.29 is 14.7 Å². The average Bonchev–Trinajstić information content (AvgIpc) is 2.85. The Kier molecular flexibility index (Phi) is 12.3. The standard InChI is InChI=1S/C16H19ClN4O3.C6H5Cl.C4H8/c17-12-2-1-3-13(8-12)18-16(24)11-4-5-14-19-21(6-7-22)15(23)10-20(14)9-11;7-6-4-2-1-3-5-6;1-3-4-2/h1-3,8,11,22H,4-7,9-10H2,(H,18,24);1-5H;3H,1,4H2,2H3. The van der Waals surface area contributed by atoms with Gasteiger partial charge in [-0.2, -0.15) is 5.10 Å². The summed E-state index contributed by atoms with van der Waals surface area (Å²) in [5, 5.41) is 18.8. The Hall–Kier alpha value is -2.87. The normalized spacial score (nSPS) is 16.5. The van der Waals surface area contributed by atoms with E-state index in [1.54, 1.807) is 24.3 Å². The molecule has 4 rings (SSSR count). The molecule has 7 nitrogen and oxygen atoms in total. The Morgan fingerprint density at radius 2 is 1.89 bits per heavy atom. The van der Waals surface area contributed by atoms with Crippen molar-refractivity contribution in [2.75, 3.05) is 31.6 Å². The van der Waals surface area contributed by atoms with Gasteiger partial charge in [-0.1, -0.05) is 60.5 Å². The first-order valence-electron chi connectivity index (χ1n) is 11.5. The number of allylic oxidation sites excluding steroid dienone is 1. The predicted molar refractivity (Wildman–Crippen MR) is 143 cm³/mol. The maximum absolute atomic E-state index is 12.5. The molecule has 2 aromatic carbocycles. The summed E-state index contributed by atoms with van der Waals surface area (Å²) >= 11 is 11.5. The van der Waals surface area contributed by atoms with Gasteiger partial charge in [-0.25, -0.2) is 5.01 Å². The summed E-state index contributed by atoms with van der Waals surface area (Å²) < 4.78 is 0. The number of piperidine rings is 1. The fourth-order valence-corrected chi connectivity index (χ4v) is 3.68. The fourth-order valence-electron chi connectivity index (χ4n) is 3.34. The molecule has 2 aromatic rings. The number of halogens is 2. The third-order valence-electron chi connectivity index (χ3n) is 5.17. The summed E-state index contributed by atoms with van der Waals surface area (Å²) in [5.41, 5.74) is 0.663. The van der Waals surface area contributed by atoms with E-state index < -0.39 is 0 Å². The van der Waals surface area contributed by atoms with E-state index in [1.165, 1.54) is 5.01 Å². The number of nitrogens with zero attached hydrogens (tertiary/aromatic N) is 3. The molecule has 2 aliphatic rings. The van der Waals surface area contributed by atoms with Gasteiger partial charge in [0.15, 0.2) is 0 Å². The SMILES string of the molecule is C=CCC.Clc1ccccc1.O=C(Nc1cccc(Cl)c1)C1CCC2=NN(CCO)C(=O)CN2C1. The molecule has 1 saturated heterocycles. The quantitative estimate of drug-likeness (QED) is 0.541. The molecule has 0 bridgehead atoms. The average molecular weight is 519 g/mol. The minimum Gasteiger partial charge on any atom is -0.394 e. The number of nitrogens with one attached hydrogen (secondary N) is 1. The lowest BCUT2D eigenvalue weighted by molar-refractivity contribution is -0.134. The van der Waals surface area contributed by atoms with Crippen LogP contribution in [0, 0.1) is 5.92 Å². The van der Waals surface area contributed by atoms with Crippen molar-refractivity contribution >= 4 is 46.5 Å². The van der Waals surface area contributed by atoms with Crippen molar-refractivity contribution in [2.24, 2.45) is 11.0 Å². The fraction of sp³-hybridized carbons (Fsp3) is 0.346. The summed E-state index contributed by atoms with van der Waals surface area (Å²) in [7, 11) is 0. The van der Waals surface area contributed by atoms with Crippen LogP contribution in [0.3, 0.4) is 0 Å². The smallest absolute Gasteiger partial charge is 0.262 e. The first kappa shape index (κ1) is 28.4. The molecule has 9 heteroatoms. The number of fused-ring (bicyclic) bond motifs is 1. The second-order valence-electron chi connectivity index (χ2n) is 7.86. The van der Waals surface area contributed by atoms with E-state index in [0.29, 0.717) is 30.1 Å². The first-order valence-corrected chi connectivity index (χ1v) is 12.2. The highest BCUT2D eigenvalue weighted by Gasteiger charge is 2.34. The molecule has 2 heterocycles. The van der Waals surface area contributed by atoms with Gasteiger partial charge < -0.3 is 15.3 Å². The van der Waals surface area contributed by atoms with Crippen LogP contribution in [0.1, 0.15) is 26.2 Å². The predicted octanol–water partition coefficient (Wildman–Crippen LogP) is 5.06. The second-order valence-corrected chi connectivity index (χ2v) is 8.74. The molecular weight excluding hydrogens is 487 g/mol. The number of rotatable bonds is 5. The minimum atomic E-state index is -0.208. The van der Waals surface area contributed by atoms with Crippen molar-refractivity contribution in [3.05, 3.63) is 77.3 Å². The Labute approximate surface area is 217 Å². The number of carbonyl (C=O) groups excluding carboxylic acids is 2. The summed E-state index contributed by atoms with van der Waals surface area (Å²) in [6.45, 7) is 6.28. The maximum atomic E-state index is 12.5. The van der Waals surface area contributed by atoms with E-state index in [1.807, 2.05) is 41.3 Å². The Morgan fingerprint density at radius 3 is 2.46 bits per heavy atom. The molecule has 1 fully saturated rings. The molecule has 188 valence electrons. The lowest BCUT2D eigenvalue weighted by Gasteiger charge is -2.38. The van der Waals surface area contributed by atoms with Crippen LogP contribution in [0.15, 0.2) is 72.4 Å². The van der Waals surface area contributed by atoms with E-state index in [9.17, 15) is 9.59 Å². The van der Waals surface area contributed by atoms with Gasteiger partial charge in [0.1, 0.15) is 12.4 Å². The number of aliphatic hydroxyl groups is 1. The number of carbonyl (C=O) groups is 2. The van der Waals surface area contributed by atoms with Gasteiger partial charge in [-0.15, -0.1) is 6.58 Å². The largest absolute Gasteiger partial charge is 0.394 e. The first-order chi connectivity index (χ1) is 16.9. The molecule has 2 N–H and O–H groups in total. The minimum absolute atomic E-state index is 0.0819. The van der Waals surface area contributed by atoms with Crippen molar-refractivity contribution in [3.63, 3.8) is 0 Å². The van der Waals surface area contributed by atoms with Gasteiger partial charge in [0.2, 0.25) is 5.91 Å². The van der Waals surface area contributed by atoms with Gasteiger partial charge in [0, 0.05) is 28.7 Å².